The molecule has 1 aromatic rings. The molecule has 0 saturated carbocycles. The Labute approximate surface area is 94.4 Å². The van der Waals surface area contributed by atoms with E-state index < -0.39 is 26.1 Å². The summed E-state index contributed by atoms with van der Waals surface area (Å²) in [6.07, 6.45) is -2.04. The van der Waals surface area contributed by atoms with Gasteiger partial charge in [-0.2, -0.15) is 0 Å². The van der Waals surface area contributed by atoms with Gasteiger partial charge in [0.1, 0.15) is 10.6 Å². The lowest BCUT2D eigenvalue weighted by atomic mass is 10.2. The van der Waals surface area contributed by atoms with Crippen LogP contribution in [-0.4, -0.2) is 13.4 Å². The van der Waals surface area contributed by atoms with Crippen LogP contribution in [0.15, 0.2) is 11.1 Å². The molecule has 1 heterocycles. The first-order chi connectivity index (χ1) is 6.75. The van der Waals surface area contributed by atoms with E-state index in [1.54, 1.807) is 0 Å². The van der Waals surface area contributed by atoms with E-state index in [9.17, 15) is 17.2 Å². The minimum atomic E-state index is -4.15. The van der Waals surface area contributed by atoms with Gasteiger partial charge in [-0.15, -0.1) is 0 Å². The number of rotatable bonds is 2. The van der Waals surface area contributed by atoms with Crippen LogP contribution < -0.4 is 0 Å². The van der Waals surface area contributed by atoms with Crippen LogP contribution in [-0.2, 0) is 9.05 Å². The highest BCUT2D eigenvalue weighted by molar-refractivity contribution is 8.13. The SMILES string of the molecule is Cc1c(C(F)F)ncc(Cl)c1S(=O)(=O)Cl. The molecular formula is C7H5Cl2F2NO2S. The predicted molar refractivity (Wildman–Crippen MR) is 52.0 cm³/mol. The molecule has 0 spiro atoms. The highest BCUT2D eigenvalue weighted by Crippen LogP contribution is 2.32. The van der Waals surface area contributed by atoms with Crippen molar-refractivity contribution in [3.8, 4) is 0 Å². The summed E-state index contributed by atoms with van der Waals surface area (Å²) in [5, 5.41) is -0.271. The molecular weight excluding hydrogens is 271 g/mol. The third-order valence-corrected chi connectivity index (χ3v) is 3.58. The van der Waals surface area contributed by atoms with Crippen LogP contribution in [0.2, 0.25) is 5.02 Å². The van der Waals surface area contributed by atoms with Crippen molar-refractivity contribution in [1.82, 2.24) is 4.98 Å². The Balaban J connectivity index is 3.59. The van der Waals surface area contributed by atoms with E-state index in [2.05, 4.69) is 4.98 Å². The lowest BCUT2D eigenvalue weighted by Gasteiger charge is -2.08. The van der Waals surface area contributed by atoms with Gasteiger partial charge in [-0.05, 0) is 12.5 Å². The minimum absolute atomic E-state index is 0.229. The third kappa shape index (κ3) is 2.56. The van der Waals surface area contributed by atoms with Crippen LogP contribution in [0.1, 0.15) is 17.7 Å². The smallest absolute Gasteiger partial charge is 0.253 e. The Morgan fingerprint density at radius 3 is 2.40 bits per heavy atom. The molecule has 0 radical (unpaired) electrons. The third-order valence-electron chi connectivity index (χ3n) is 1.71. The van der Waals surface area contributed by atoms with Gasteiger partial charge in [-0.3, -0.25) is 4.98 Å². The van der Waals surface area contributed by atoms with E-state index in [0.29, 0.717) is 0 Å². The fourth-order valence-electron chi connectivity index (χ4n) is 1.10. The van der Waals surface area contributed by atoms with Crippen LogP contribution in [0, 0.1) is 6.92 Å². The van der Waals surface area contributed by atoms with Gasteiger partial charge in [0.05, 0.1) is 5.02 Å². The second-order valence-corrected chi connectivity index (χ2v) is 5.59. The zero-order chi connectivity index (χ0) is 11.8. The summed E-state index contributed by atoms with van der Waals surface area (Å²) >= 11 is 5.52. The second-order valence-electron chi connectivity index (χ2n) is 2.68. The lowest BCUT2D eigenvalue weighted by Crippen LogP contribution is -2.03. The molecule has 0 fully saturated rings. The molecule has 0 atom stereocenters. The molecule has 15 heavy (non-hydrogen) atoms. The highest BCUT2D eigenvalue weighted by Gasteiger charge is 2.24. The van der Waals surface area contributed by atoms with Crippen molar-refractivity contribution in [2.45, 2.75) is 18.2 Å². The molecule has 0 aliphatic heterocycles. The van der Waals surface area contributed by atoms with Crippen molar-refractivity contribution in [1.29, 1.82) is 0 Å². The summed E-state index contributed by atoms with van der Waals surface area (Å²) in [4.78, 5) is 2.83. The van der Waals surface area contributed by atoms with Crippen molar-refractivity contribution >= 4 is 31.3 Å². The van der Waals surface area contributed by atoms with Crippen molar-refractivity contribution in [2.75, 3.05) is 0 Å². The molecule has 0 aromatic carbocycles. The zero-order valence-corrected chi connectivity index (χ0v) is 9.67. The van der Waals surface area contributed by atoms with Gasteiger partial charge in [-0.25, -0.2) is 17.2 Å². The highest BCUT2D eigenvalue weighted by atomic mass is 35.7. The van der Waals surface area contributed by atoms with E-state index in [4.69, 9.17) is 22.3 Å². The minimum Gasteiger partial charge on any atom is -0.253 e. The number of nitrogens with zero attached hydrogens (tertiary/aromatic N) is 1. The van der Waals surface area contributed by atoms with Crippen molar-refractivity contribution < 1.29 is 17.2 Å². The molecule has 84 valence electrons. The van der Waals surface area contributed by atoms with Crippen molar-refractivity contribution in [3.63, 3.8) is 0 Å². The van der Waals surface area contributed by atoms with Gasteiger partial charge >= 0.3 is 0 Å². The van der Waals surface area contributed by atoms with E-state index in [-0.39, 0.29) is 10.6 Å². The van der Waals surface area contributed by atoms with Crippen LogP contribution in [0.5, 0.6) is 0 Å². The lowest BCUT2D eigenvalue weighted by molar-refractivity contribution is 0.145. The van der Waals surface area contributed by atoms with Gasteiger partial charge in [0.25, 0.3) is 15.5 Å². The molecule has 3 nitrogen and oxygen atoms in total. The van der Waals surface area contributed by atoms with Gasteiger partial charge < -0.3 is 0 Å². The second kappa shape index (κ2) is 4.19. The number of halogens is 4. The zero-order valence-electron chi connectivity index (χ0n) is 7.34. The van der Waals surface area contributed by atoms with Crippen LogP contribution in [0.4, 0.5) is 8.78 Å². The molecule has 8 heteroatoms. The summed E-state index contributed by atoms with van der Waals surface area (Å²) in [5.74, 6) is 0. The molecule has 0 N–H and O–H groups in total. The van der Waals surface area contributed by atoms with Crippen LogP contribution in [0.25, 0.3) is 0 Å². The molecule has 0 saturated heterocycles. The molecule has 0 aliphatic carbocycles. The summed E-state index contributed by atoms with van der Waals surface area (Å²) < 4.78 is 46.9. The van der Waals surface area contributed by atoms with Gasteiger partial charge in [0.2, 0.25) is 0 Å². The van der Waals surface area contributed by atoms with Gasteiger partial charge in [-0.1, -0.05) is 11.6 Å². The molecule has 0 unspecified atom stereocenters. The molecule has 0 aliphatic rings. The Bertz CT molecular complexity index is 490. The average Bonchev–Trinajstić information content (AvgIpc) is 2.00. The normalized spacial score (nSPS) is 12.1. The van der Waals surface area contributed by atoms with Crippen LogP contribution in [0.3, 0.4) is 0 Å². The maximum absolute atomic E-state index is 12.4. The van der Waals surface area contributed by atoms with E-state index in [1.807, 2.05) is 0 Å². The fourth-order valence-corrected chi connectivity index (χ4v) is 3.06. The average molecular weight is 276 g/mol. The number of alkyl halides is 2. The summed E-state index contributed by atoms with van der Waals surface area (Å²) in [6.45, 7) is 1.18. The van der Waals surface area contributed by atoms with Gasteiger partial charge in [0, 0.05) is 16.9 Å². The van der Waals surface area contributed by atoms with E-state index >= 15 is 0 Å². The standard InChI is InChI=1S/C7H5Cl2F2NO2S/c1-3-5(7(10)11)12-2-4(8)6(3)15(9,13)14/h2,7H,1H3. The Morgan fingerprint density at radius 2 is 2.00 bits per heavy atom. The topological polar surface area (TPSA) is 47.0 Å². The van der Waals surface area contributed by atoms with Crippen LogP contribution >= 0.6 is 22.3 Å². The monoisotopic (exact) mass is 275 g/mol. The first-order valence-electron chi connectivity index (χ1n) is 3.63. The quantitative estimate of drug-likeness (QED) is 0.780. The maximum atomic E-state index is 12.4. The van der Waals surface area contributed by atoms with Crippen molar-refractivity contribution in [2.24, 2.45) is 0 Å². The Hall–Kier alpha value is -0.460. The summed E-state index contributed by atoms with van der Waals surface area (Å²) in [7, 11) is 0.908. The van der Waals surface area contributed by atoms with E-state index in [0.717, 1.165) is 6.20 Å². The largest absolute Gasteiger partial charge is 0.280 e. The molecule has 0 amide bonds. The number of hydrogen-bond donors (Lipinski definition) is 0. The van der Waals surface area contributed by atoms with E-state index in [1.165, 1.54) is 6.92 Å². The Kier molecular flexibility index (Phi) is 3.52. The first-order valence-corrected chi connectivity index (χ1v) is 6.31. The van der Waals surface area contributed by atoms with Gasteiger partial charge in [0.15, 0.2) is 0 Å². The molecule has 1 aromatic heterocycles. The number of aromatic nitrogens is 1. The summed E-state index contributed by atoms with van der Waals surface area (Å²) in [6, 6.07) is 0. The molecule has 0 bridgehead atoms. The Morgan fingerprint density at radius 1 is 1.47 bits per heavy atom. The number of hydrogen-bond acceptors (Lipinski definition) is 3. The first kappa shape index (κ1) is 12.6. The molecule has 1 rings (SSSR count). The fraction of sp³-hybridized carbons (Fsp3) is 0.286. The maximum Gasteiger partial charge on any atom is 0.280 e. The summed E-state index contributed by atoms with van der Waals surface area (Å²) in [5.41, 5.74) is -0.869. The van der Waals surface area contributed by atoms with Crippen molar-refractivity contribution in [3.05, 3.63) is 22.5 Å². The number of pyridine rings is 1. The predicted octanol–water partition coefficient (Wildman–Crippen LogP) is 2.91.